The third-order valence-electron chi connectivity index (χ3n) is 4.73. The number of halogens is 1. The Morgan fingerprint density at radius 3 is 2.87 bits per heavy atom. The molecule has 31 heavy (non-hydrogen) atoms. The summed E-state index contributed by atoms with van der Waals surface area (Å²) in [5.41, 5.74) is 0.782. The van der Waals surface area contributed by atoms with Gasteiger partial charge < -0.3 is 24.5 Å². The average molecular weight is 447 g/mol. The zero-order valence-electron chi connectivity index (χ0n) is 17.0. The molecular weight excluding hydrogens is 423 g/mol. The zero-order chi connectivity index (χ0) is 21.6. The van der Waals surface area contributed by atoms with Crippen LogP contribution in [0.3, 0.4) is 0 Å². The predicted molar refractivity (Wildman–Crippen MR) is 113 cm³/mol. The largest absolute Gasteiger partial charge is 0.378 e. The van der Waals surface area contributed by atoms with Gasteiger partial charge in [0.15, 0.2) is 16.8 Å². The number of hydrogen-bond acceptors (Lipinski definition) is 8. The molecule has 1 aliphatic rings. The molecule has 11 heteroatoms. The van der Waals surface area contributed by atoms with Gasteiger partial charge in [-0.2, -0.15) is 0 Å². The Kier molecular flexibility index (Phi) is 6.82. The fourth-order valence-electron chi connectivity index (χ4n) is 3.22. The number of benzene rings is 1. The summed E-state index contributed by atoms with van der Waals surface area (Å²) in [6.45, 7) is 3.53. The molecule has 0 aliphatic carbocycles. The van der Waals surface area contributed by atoms with Crippen molar-refractivity contribution in [1.29, 1.82) is 0 Å². The van der Waals surface area contributed by atoms with Crippen LogP contribution in [-0.4, -0.2) is 44.3 Å². The van der Waals surface area contributed by atoms with Crippen LogP contribution in [0.5, 0.6) is 0 Å². The van der Waals surface area contributed by atoms with Crippen LogP contribution in [0, 0.1) is 12.7 Å². The summed E-state index contributed by atoms with van der Waals surface area (Å²) in [7, 11) is 0. The summed E-state index contributed by atoms with van der Waals surface area (Å²) in [6.07, 6.45) is 2.09. The Labute approximate surface area is 182 Å². The molecule has 0 radical (unpaired) electrons. The van der Waals surface area contributed by atoms with Crippen molar-refractivity contribution in [3.05, 3.63) is 47.7 Å². The number of aromatic nitrogens is 4. The average Bonchev–Trinajstić information content (AvgIpc) is 3.49. The van der Waals surface area contributed by atoms with Gasteiger partial charge in [0.2, 0.25) is 5.91 Å². The topological polar surface area (TPSA) is 107 Å². The van der Waals surface area contributed by atoms with Crippen LogP contribution >= 0.6 is 11.8 Å². The summed E-state index contributed by atoms with van der Waals surface area (Å²) in [4.78, 5) is 12.3. The molecule has 1 aliphatic heterocycles. The molecule has 9 nitrogen and oxygen atoms in total. The molecule has 0 unspecified atom stereocenters. The summed E-state index contributed by atoms with van der Waals surface area (Å²) >= 11 is 1.30. The van der Waals surface area contributed by atoms with Gasteiger partial charge in [0.05, 0.1) is 24.9 Å². The molecule has 1 aromatic carbocycles. The smallest absolute Gasteiger partial charge is 0.236 e. The maximum absolute atomic E-state index is 13.1. The minimum absolute atomic E-state index is 0.0897. The van der Waals surface area contributed by atoms with Crippen LogP contribution in [0.4, 0.5) is 15.9 Å². The van der Waals surface area contributed by atoms with Crippen LogP contribution in [0.25, 0.3) is 0 Å². The van der Waals surface area contributed by atoms with Gasteiger partial charge in [-0.1, -0.05) is 16.9 Å². The lowest BCUT2D eigenvalue weighted by Crippen LogP contribution is -2.20. The Morgan fingerprint density at radius 1 is 1.32 bits per heavy atom. The van der Waals surface area contributed by atoms with Crippen LogP contribution in [0.1, 0.15) is 24.4 Å². The fraction of sp³-hybridized carbons (Fsp3) is 0.400. The molecule has 3 heterocycles. The number of carbonyl (C=O) groups excluding carboxylic acids is 1. The van der Waals surface area contributed by atoms with Crippen molar-refractivity contribution in [3.63, 3.8) is 0 Å². The number of ether oxygens (including phenoxy) is 1. The van der Waals surface area contributed by atoms with Crippen molar-refractivity contribution in [2.45, 2.75) is 44.1 Å². The van der Waals surface area contributed by atoms with E-state index in [0.717, 1.165) is 31.0 Å². The number of nitrogens with zero attached hydrogens (tertiary/aromatic N) is 4. The SMILES string of the molecule is Cc1cc(NC(=O)CSc2nnc(CNc3ccc(F)cc3)n2C[C@@H]2CCCO2)no1. The van der Waals surface area contributed by atoms with Gasteiger partial charge in [-0.15, -0.1) is 10.2 Å². The Morgan fingerprint density at radius 2 is 2.16 bits per heavy atom. The van der Waals surface area contributed by atoms with E-state index in [1.807, 2.05) is 4.57 Å². The van der Waals surface area contributed by atoms with E-state index in [0.29, 0.717) is 29.8 Å². The standard InChI is InChI=1S/C20H23FN6O3S/c1-13-9-17(26-30-13)23-19(28)12-31-20-25-24-18(27(20)11-16-3-2-8-29-16)10-22-15-6-4-14(21)5-7-15/h4-7,9,16,22H,2-3,8,10-12H2,1H3,(H,23,26,28)/t16-/m0/s1. The minimum Gasteiger partial charge on any atom is -0.378 e. The van der Waals surface area contributed by atoms with E-state index in [1.165, 1.54) is 23.9 Å². The Hall–Kier alpha value is -2.92. The second kappa shape index (κ2) is 9.92. The third-order valence-corrected chi connectivity index (χ3v) is 5.69. The van der Waals surface area contributed by atoms with E-state index in [9.17, 15) is 9.18 Å². The number of rotatable bonds is 9. The van der Waals surface area contributed by atoms with Gasteiger partial charge in [-0.05, 0) is 44.0 Å². The lowest BCUT2D eigenvalue weighted by atomic mass is 10.2. The van der Waals surface area contributed by atoms with Crippen LogP contribution < -0.4 is 10.6 Å². The van der Waals surface area contributed by atoms with E-state index < -0.39 is 0 Å². The first-order valence-electron chi connectivity index (χ1n) is 9.96. The monoisotopic (exact) mass is 446 g/mol. The molecular formula is C20H23FN6O3S. The number of aryl methyl sites for hydroxylation is 1. The first kappa shape index (κ1) is 21.3. The third kappa shape index (κ3) is 5.82. The molecule has 0 bridgehead atoms. The Balaban J connectivity index is 1.41. The second-order valence-corrected chi connectivity index (χ2v) is 8.11. The molecule has 0 saturated carbocycles. The number of carbonyl (C=O) groups is 1. The zero-order valence-corrected chi connectivity index (χ0v) is 17.8. The molecule has 1 saturated heterocycles. The van der Waals surface area contributed by atoms with E-state index in [1.54, 1.807) is 25.1 Å². The highest BCUT2D eigenvalue weighted by atomic mass is 32.2. The van der Waals surface area contributed by atoms with Gasteiger partial charge in [0.1, 0.15) is 11.6 Å². The molecule has 164 valence electrons. The molecule has 3 aromatic rings. The van der Waals surface area contributed by atoms with E-state index in [-0.39, 0.29) is 23.6 Å². The summed E-state index contributed by atoms with van der Waals surface area (Å²) in [5, 5.41) is 18.9. The second-order valence-electron chi connectivity index (χ2n) is 7.16. The van der Waals surface area contributed by atoms with Gasteiger partial charge in [0.25, 0.3) is 0 Å². The normalized spacial score (nSPS) is 15.9. The van der Waals surface area contributed by atoms with E-state index >= 15 is 0 Å². The highest BCUT2D eigenvalue weighted by molar-refractivity contribution is 7.99. The van der Waals surface area contributed by atoms with Crippen molar-refractivity contribution in [1.82, 2.24) is 19.9 Å². The predicted octanol–water partition coefficient (Wildman–Crippen LogP) is 3.24. The fourth-order valence-corrected chi connectivity index (χ4v) is 3.98. The maximum atomic E-state index is 13.1. The van der Waals surface area contributed by atoms with Crippen molar-refractivity contribution in [2.24, 2.45) is 0 Å². The quantitative estimate of drug-likeness (QED) is 0.483. The lowest BCUT2D eigenvalue weighted by Gasteiger charge is -2.15. The van der Waals surface area contributed by atoms with Gasteiger partial charge in [-0.3, -0.25) is 4.79 Å². The summed E-state index contributed by atoms with van der Waals surface area (Å²) in [5.74, 6) is 1.38. The molecule has 2 aromatic heterocycles. The molecule has 1 fully saturated rings. The summed E-state index contributed by atoms with van der Waals surface area (Å²) in [6, 6.07) is 7.79. The molecule has 4 rings (SSSR count). The van der Waals surface area contributed by atoms with Gasteiger partial charge in [0, 0.05) is 18.4 Å². The van der Waals surface area contributed by atoms with E-state index in [2.05, 4.69) is 26.0 Å². The highest BCUT2D eigenvalue weighted by Gasteiger charge is 2.21. The molecule has 1 amide bonds. The van der Waals surface area contributed by atoms with Crippen molar-refractivity contribution in [2.75, 3.05) is 23.0 Å². The molecule has 0 spiro atoms. The first-order valence-corrected chi connectivity index (χ1v) is 10.9. The first-order chi connectivity index (χ1) is 15.1. The minimum atomic E-state index is -0.287. The number of thioether (sulfide) groups is 1. The van der Waals surface area contributed by atoms with Crippen molar-refractivity contribution >= 4 is 29.2 Å². The summed E-state index contributed by atoms with van der Waals surface area (Å²) < 4.78 is 25.8. The lowest BCUT2D eigenvalue weighted by molar-refractivity contribution is -0.113. The maximum Gasteiger partial charge on any atom is 0.236 e. The number of amides is 1. The van der Waals surface area contributed by atoms with E-state index in [4.69, 9.17) is 9.26 Å². The van der Waals surface area contributed by atoms with Crippen LogP contribution in [0.2, 0.25) is 0 Å². The van der Waals surface area contributed by atoms with Gasteiger partial charge >= 0.3 is 0 Å². The number of hydrogen-bond donors (Lipinski definition) is 2. The van der Waals surface area contributed by atoms with Crippen LogP contribution in [0.15, 0.2) is 40.0 Å². The molecule has 2 N–H and O–H groups in total. The number of nitrogens with one attached hydrogen (secondary N) is 2. The highest BCUT2D eigenvalue weighted by Crippen LogP contribution is 2.22. The van der Waals surface area contributed by atoms with Gasteiger partial charge in [-0.25, -0.2) is 4.39 Å². The van der Waals surface area contributed by atoms with Crippen LogP contribution in [-0.2, 0) is 22.6 Å². The van der Waals surface area contributed by atoms with Crippen molar-refractivity contribution < 1.29 is 18.4 Å². The molecule has 1 atom stereocenters. The number of anilines is 2. The van der Waals surface area contributed by atoms with Crippen molar-refractivity contribution in [3.8, 4) is 0 Å². The Bertz CT molecular complexity index is 1020.